The molecule has 2 heterocycles. The molecule has 5 rings (SSSR count). The second-order valence-electron chi connectivity index (χ2n) is 8.33. The van der Waals surface area contributed by atoms with Crippen molar-refractivity contribution in [2.75, 3.05) is 36.5 Å². The number of carbonyl (C=O) groups excluding carboxylic acids is 1. The highest BCUT2D eigenvalue weighted by Crippen LogP contribution is 2.34. The number of aromatic nitrogens is 1. The zero-order chi connectivity index (χ0) is 26.8. The van der Waals surface area contributed by atoms with Crippen molar-refractivity contribution in [1.82, 2.24) is 10.3 Å². The first kappa shape index (κ1) is 25.4. The Bertz CT molecular complexity index is 1570. The molecule has 1 aliphatic heterocycles. The highest BCUT2D eigenvalue weighted by molar-refractivity contribution is 7.80. The van der Waals surface area contributed by atoms with Crippen LogP contribution < -0.4 is 15.5 Å². The van der Waals surface area contributed by atoms with Gasteiger partial charge in [-0.25, -0.2) is 4.98 Å². The second kappa shape index (κ2) is 10.6. The van der Waals surface area contributed by atoms with Gasteiger partial charge in [-0.3, -0.25) is 20.2 Å². The number of fused-ring (bicyclic) bond motifs is 1. The van der Waals surface area contributed by atoms with Crippen molar-refractivity contribution in [2.24, 2.45) is 0 Å². The van der Waals surface area contributed by atoms with Gasteiger partial charge in [0.25, 0.3) is 11.6 Å². The number of phenolic OH excluding ortho intramolecular Hbond substituents is 1. The summed E-state index contributed by atoms with van der Waals surface area (Å²) in [4.78, 5) is 30.1. The molecule has 0 atom stereocenters. The molecule has 1 saturated heterocycles. The third-order valence-corrected chi connectivity index (χ3v) is 6.29. The number of hydrogen-bond donors (Lipinski definition) is 3. The summed E-state index contributed by atoms with van der Waals surface area (Å²) in [6.45, 7) is 1.98. The number of nitrogens with zero attached hydrogens (tertiary/aromatic N) is 3. The summed E-state index contributed by atoms with van der Waals surface area (Å²) in [6, 6.07) is 13.9. The van der Waals surface area contributed by atoms with Crippen LogP contribution in [0.5, 0.6) is 5.75 Å². The largest absolute Gasteiger partial charge is 0.507 e. The Labute approximate surface area is 226 Å². The van der Waals surface area contributed by atoms with Crippen LogP contribution in [0.2, 0.25) is 5.02 Å². The van der Waals surface area contributed by atoms with Crippen LogP contribution in [0.25, 0.3) is 22.6 Å². The van der Waals surface area contributed by atoms with Gasteiger partial charge in [0.1, 0.15) is 17.0 Å². The van der Waals surface area contributed by atoms with E-state index in [-0.39, 0.29) is 28.0 Å². The Kier molecular flexibility index (Phi) is 7.09. The summed E-state index contributed by atoms with van der Waals surface area (Å²) in [5.74, 6) is -0.537. The molecule has 3 N–H and O–H groups in total. The minimum Gasteiger partial charge on any atom is -0.507 e. The lowest BCUT2D eigenvalue weighted by Gasteiger charge is -2.28. The number of oxazole rings is 1. The van der Waals surface area contributed by atoms with Gasteiger partial charge in [0.2, 0.25) is 5.89 Å². The topological polar surface area (TPSA) is 143 Å². The molecule has 0 spiro atoms. The fourth-order valence-corrected chi connectivity index (χ4v) is 4.40. The third kappa shape index (κ3) is 5.37. The summed E-state index contributed by atoms with van der Waals surface area (Å²) >= 11 is 11.2. The predicted octanol–water partition coefficient (Wildman–Crippen LogP) is 4.73. The molecule has 38 heavy (non-hydrogen) atoms. The summed E-state index contributed by atoms with van der Waals surface area (Å²) < 4.78 is 11.0. The molecule has 0 bridgehead atoms. The maximum absolute atomic E-state index is 12.7. The summed E-state index contributed by atoms with van der Waals surface area (Å²) in [5.41, 5.74) is 2.14. The minimum atomic E-state index is -0.620. The van der Waals surface area contributed by atoms with E-state index in [1.807, 2.05) is 4.90 Å². The smallest absolute Gasteiger partial charge is 0.293 e. The van der Waals surface area contributed by atoms with Gasteiger partial charge in [-0.1, -0.05) is 11.6 Å². The molecule has 1 fully saturated rings. The van der Waals surface area contributed by atoms with Crippen molar-refractivity contribution in [2.45, 2.75) is 0 Å². The fraction of sp³-hybridized carbons (Fsp3) is 0.160. The summed E-state index contributed by atoms with van der Waals surface area (Å²) in [6.07, 6.45) is 0. The average molecular weight is 554 g/mol. The van der Waals surface area contributed by atoms with E-state index in [1.54, 1.807) is 36.4 Å². The van der Waals surface area contributed by atoms with E-state index in [9.17, 15) is 20.0 Å². The van der Waals surface area contributed by atoms with E-state index in [4.69, 9.17) is 33.0 Å². The first-order valence-corrected chi connectivity index (χ1v) is 12.2. The lowest BCUT2D eigenvalue weighted by atomic mass is 10.1. The number of phenols is 1. The Hall–Kier alpha value is -4.26. The maximum Gasteiger partial charge on any atom is 0.293 e. The molecule has 1 aromatic heterocycles. The molecule has 0 aliphatic carbocycles. The molecule has 11 nitrogen and oxygen atoms in total. The first-order valence-electron chi connectivity index (χ1n) is 11.4. The van der Waals surface area contributed by atoms with Gasteiger partial charge < -0.3 is 24.5 Å². The molecule has 1 amide bonds. The highest BCUT2D eigenvalue weighted by atomic mass is 35.5. The van der Waals surface area contributed by atoms with Crippen molar-refractivity contribution in [3.63, 3.8) is 0 Å². The third-order valence-electron chi connectivity index (χ3n) is 5.85. The molecule has 3 aromatic carbocycles. The molecular formula is C25H20ClN5O6S. The van der Waals surface area contributed by atoms with Crippen LogP contribution in [0.3, 0.4) is 0 Å². The molecule has 4 aromatic rings. The van der Waals surface area contributed by atoms with Crippen molar-refractivity contribution in [1.29, 1.82) is 0 Å². The molecule has 194 valence electrons. The molecule has 13 heteroatoms. The van der Waals surface area contributed by atoms with E-state index in [0.717, 1.165) is 0 Å². The van der Waals surface area contributed by atoms with Crippen LogP contribution in [-0.2, 0) is 4.74 Å². The van der Waals surface area contributed by atoms with Gasteiger partial charge in [0, 0.05) is 41.5 Å². The van der Waals surface area contributed by atoms with Crippen molar-refractivity contribution in [3.8, 4) is 17.2 Å². The zero-order valence-corrected chi connectivity index (χ0v) is 21.2. The minimum absolute atomic E-state index is 0.0569. The van der Waals surface area contributed by atoms with Gasteiger partial charge in [-0.2, -0.15) is 0 Å². The second-order valence-corrected chi connectivity index (χ2v) is 9.18. The van der Waals surface area contributed by atoms with Crippen LogP contribution in [0.4, 0.5) is 17.1 Å². The number of amides is 1. The molecule has 1 aliphatic rings. The molecule has 0 radical (unpaired) electrons. The van der Waals surface area contributed by atoms with Crippen LogP contribution >= 0.6 is 23.8 Å². The number of thiocarbonyl (C=S) groups is 1. The van der Waals surface area contributed by atoms with Gasteiger partial charge in [0.05, 0.1) is 23.7 Å². The van der Waals surface area contributed by atoms with Gasteiger partial charge >= 0.3 is 0 Å². The Morgan fingerprint density at radius 1 is 1.13 bits per heavy atom. The zero-order valence-electron chi connectivity index (χ0n) is 19.6. The van der Waals surface area contributed by atoms with Gasteiger partial charge in [-0.15, -0.1) is 0 Å². The van der Waals surface area contributed by atoms with E-state index < -0.39 is 10.8 Å². The number of aromatic hydroxyl groups is 1. The van der Waals surface area contributed by atoms with Crippen molar-refractivity contribution in [3.05, 3.63) is 75.3 Å². The molecule has 0 unspecified atom stereocenters. The van der Waals surface area contributed by atoms with Crippen LogP contribution in [0.1, 0.15) is 10.4 Å². The summed E-state index contributed by atoms with van der Waals surface area (Å²) in [5, 5.41) is 28.0. The normalized spacial score (nSPS) is 13.3. The van der Waals surface area contributed by atoms with Crippen LogP contribution in [0, 0.1) is 10.1 Å². The van der Waals surface area contributed by atoms with Gasteiger partial charge in [0.15, 0.2) is 10.7 Å². The number of morpholine rings is 1. The average Bonchev–Trinajstić information content (AvgIpc) is 3.31. The number of nitro groups is 1. The first-order chi connectivity index (χ1) is 18.3. The molecular weight excluding hydrogens is 534 g/mol. The lowest BCUT2D eigenvalue weighted by Crippen LogP contribution is -2.37. The number of rotatable bonds is 5. The number of nitro benzene ring substituents is 1. The van der Waals surface area contributed by atoms with Gasteiger partial charge in [-0.05, 0) is 54.7 Å². The van der Waals surface area contributed by atoms with Crippen molar-refractivity contribution >= 4 is 63.0 Å². The predicted molar refractivity (Wildman–Crippen MR) is 146 cm³/mol. The van der Waals surface area contributed by atoms with E-state index in [1.165, 1.54) is 18.2 Å². The number of anilines is 2. The SMILES string of the molecule is O=C(NC(=S)Nc1ccc(-c2nc3cc(Cl)ccc3o2)c(O)c1)c1ccc(N2CCOCC2)c([N+](=O)[O-])c1. The van der Waals surface area contributed by atoms with Crippen molar-refractivity contribution < 1.29 is 24.0 Å². The van der Waals surface area contributed by atoms with E-state index in [0.29, 0.717) is 59.4 Å². The quantitative estimate of drug-likeness (QED) is 0.180. The monoisotopic (exact) mass is 553 g/mol. The Balaban J connectivity index is 1.27. The maximum atomic E-state index is 12.7. The number of halogens is 1. The fourth-order valence-electron chi connectivity index (χ4n) is 4.03. The number of ether oxygens (including phenoxy) is 1. The standard InChI is InChI=1S/C25H20ClN5O6S/c26-15-2-6-22-18(12-15)28-24(37-22)17-4-3-16(13-21(17)32)27-25(38)29-23(33)14-1-5-19(20(11-14)31(34)35)30-7-9-36-10-8-30/h1-6,11-13,32H,7-10H2,(H2,27,29,33,38). The Morgan fingerprint density at radius 3 is 2.66 bits per heavy atom. The number of carbonyl (C=O) groups is 1. The van der Waals surface area contributed by atoms with E-state index in [2.05, 4.69) is 15.6 Å². The van der Waals surface area contributed by atoms with E-state index >= 15 is 0 Å². The lowest BCUT2D eigenvalue weighted by molar-refractivity contribution is -0.384. The Morgan fingerprint density at radius 2 is 1.92 bits per heavy atom. The number of benzene rings is 3. The van der Waals surface area contributed by atoms with Crippen LogP contribution in [-0.4, -0.2) is 52.3 Å². The van der Waals surface area contributed by atoms with Crippen LogP contribution in [0.15, 0.2) is 59.0 Å². The summed E-state index contributed by atoms with van der Waals surface area (Å²) in [7, 11) is 0. The molecule has 0 saturated carbocycles. The highest BCUT2D eigenvalue weighted by Gasteiger charge is 2.23. The number of hydrogen-bond acceptors (Lipinski definition) is 9. The number of nitrogens with one attached hydrogen (secondary N) is 2.